The zero-order chi connectivity index (χ0) is 31.9. The van der Waals surface area contributed by atoms with Crippen LogP contribution in [0.2, 0.25) is 0 Å². The normalized spacial score (nSPS) is 12.8. The fraction of sp³-hybridized carbons (Fsp3) is 0.357. The molecule has 1 heterocycles. The number of carboxylic acids is 1. The number of carbonyl (C=O) groups is 1. The number of benzene rings is 2. The molecule has 0 bridgehead atoms. The average Bonchev–Trinajstić information content (AvgIpc) is 3.26. The van der Waals surface area contributed by atoms with Crippen molar-refractivity contribution in [3.63, 3.8) is 0 Å². The fourth-order valence-corrected chi connectivity index (χ4v) is 6.67. The maximum absolute atomic E-state index is 11.9. The Morgan fingerprint density at radius 2 is 1.81 bits per heavy atom. The number of aryl methyl sites for hydroxylation is 2. The van der Waals surface area contributed by atoms with Crippen LogP contribution in [-0.4, -0.2) is 43.6 Å². The van der Waals surface area contributed by atoms with E-state index < -0.39 is 26.2 Å². The van der Waals surface area contributed by atoms with E-state index in [1.54, 1.807) is 31.2 Å². The Morgan fingerprint density at radius 3 is 2.40 bits per heavy atom. The molecule has 2 aromatic carbocycles. The molecule has 0 aliphatic carbocycles. The number of nitrogens with two attached hydrogens (primary N) is 1. The second kappa shape index (κ2) is 14.8. The number of unbranched alkanes of at least 4 members (excludes halogenated alkanes) is 2. The van der Waals surface area contributed by atoms with Crippen molar-refractivity contribution in [1.29, 1.82) is 0 Å². The third kappa shape index (κ3) is 8.86. The minimum atomic E-state index is -4.51. The van der Waals surface area contributed by atoms with E-state index in [0.29, 0.717) is 49.3 Å². The molecular formula is C28H35IN3O9S2+. The summed E-state index contributed by atoms with van der Waals surface area (Å²) in [5.41, 5.74) is 8.25. The quantitative estimate of drug-likeness (QED) is 0.0416. The van der Waals surface area contributed by atoms with Crippen molar-refractivity contribution in [1.82, 2.24) is 0 Å². The maximum atomic E-state index is 11.9. The van der Waals surface area contributed by atoms with Crippen molar-refractivity contribution in [3.05, 3.63) is 63.2 Å². The summed E-state index contributed by atoms with van der Waals surface area (Å²) in [6.07, 6.45) is 8.02. The summed E-state index contributed by atoms with van der Waals surface area (Å²) in [4.78, 5) is 12.3. The van der Waals surface area contributed by atoms with E-state index in [1.807, 2.05) is 22.5 Å². The number of aliphatic carboxylic acids is 1. The Hall–Kier alpha value is -2.83. The van der Waals surface area contributed by atoms with Gasteiger partial charge in [-0.3, -0.25) is 13.9 Å². The molecule has 0 radical (unpaired) electrons. The Balaban J connectivity index is 2.00. The lowest BCUT2D eigenvalue weighted by Gasteiger charge is -2.26. The summed E-state index contributed by atoms with van der Waals surface area (Å²) in [6, 6.07) is 7.20. The number of halogens is 1. The third-order valence-corrected chi connectivity index (χ3v) is 9.38. The van der Waals surface area contributed by atoms with E-state index in [9.17, 15) is 30.7 Å². The van der Waals surface area contributed by atoms with Gasteiger partial charge in [-0.1, -0.05) is 13.3 Å². The van der Waals surface area contributed by atoms with Gasteiger partial charge in [-0.25, -0.2) is 0 Å². The molecule has 0 saturated carbocycles. The lowest BCUT2D eigenvalue weighted by Crippen LogP contribution is -2.35. The van der Waals surface area contributed by atoms with E-state index in [4.69, 9.17) is 15.3 Å². The molecule has 0 fully saturated rings. The van der Waals surface area contributed by atoms with E-state index >= 15 is 0 Å². The highest BCUT2D eigenvalue weighted by Gasteiger charge is 2.27. The molecule has 0 saturated heterocycles. The van der Waals surface area contributed by atoms with Crippen molar-refractivity contribution in [2.45, 2.75) is 68.8 Å². The number of hydrogen-bond donors (Lipinski definition) is 4. The summed E-state index contributed by atoms with van der Waals surface area (Å²) in [6.45, 7) is 4.66. The number of rotatable bonds is 15. The summed E-state index contributed by atoms with van der Waals surface area (Å²) < 4.78 is 74.9. The molecule has 43 heavy (non-hydrogen) atoms. The van der Waals surface area contributed by atoms with E-state index in [2.05, 4.69) is 22.6 Å². The van der Waals surface area contributed by atoms with Crippen LogP contribution in [0.3, 0.4) is 0 Å². The van der Waals surface area contributed by atoms with Crippen LogP contribution in [0.5, 0.6) is 0 Å². The van der Waals surface area contributed by atoms with Gasteiger partial charge in [0.1, 0.15) is 4.90 Å². The smallest absolute Gasteiger partial charge is 0.374 e. The molecule has 0 aliphatic rings. The molecule has 0 amide bonds. The zero-order valence-corrected chi connectivity index (χ0v) is 27.5. The Morgan fingerprint density at radius 1 is 1.09 bits per heavy atom. The van der Waals surface area contributed by atoms with Gasteiger partial charge < -0.3 is 20.2 Å². The van der Waals surface area contributed by atoms with Crippen molar-refractivity contribution < 1.29 is 44.8 Å². The van der Waals surface area contributed by atoms with E-state index in [0.717, 1.165) is 15.8 Å². The first-order chi connectivity index (χ1) is 20.2. The highest BCUT2D eigenvalue weighted by Crippen LogP contribution is 2.30. The highest BCUT2D eigenvalue weighted by atomic mass is 127. The molecule has 3 aromatic rings. The van der Waals surface area contributed by atoms with Crippen LogP contribution < -0.4 is 15.2 Å². The van der Waals surface area contributed by atoms with Crippen molar-refractivity contribution >= 4 is 71.7 Å². The Labute approximate surface area is 264 Å². The van der Waals surface area contributed by atoms with Gasteiger partial charge in [-0.05, 0) is 84.3 Å². The predicted molar refractivity (Wildman–Crippen MR) is 170 cm³/mol. The second-order valence-electron chi connectivity index (χ2n) is 9.79. The average molecular weight is 749 g/mol. The number of hydrogen-bond acceptors (Lipinski definition) is 8. The van der Waals surface area contributed by atoms with Gasteiger partial charge in [-0.15, -0.1) is 0 Å². The number of anilines is 1. The second-order valence-corrected chi connectivity index (χ2v) is 13.7. The van der Waals surface area contributed by atoms with Gasteiger partial charge >= 0.3 is 11.9 Å². The summed E-state index contributed by atoms with van der Waals surface area (Å²) in [5, 5.41) is 8.93. The minimum Gasteiger partial charge on any atom is -0.481 e. The topological polar surface area (TPSA) is 192 Å². The van der Waals surface area contributed by atoms with E-state index in [1.165, 1.54) is 18.2 Å². The van der Waals surface area contributed by atoms with Gasteiger partial charge in [0.05, 0.1) is 14.7 Å². The summed E-state index contributed by atoms with van der Waals surface area (Å²) in [7, 11) is -8.88. The SMILES string of the molecule is CCC[n+]1c(/C=C/C=C(\I)N(CCCCCC(=O)O)c2ccc(S(=O)(=O)O)cc2C)oc2c(CN)c(S(=O)(=O)O)ccc21. The first kappa shape index (κ1) is 34.7. The van der Waals surface area contributed by atoms with Crippen LogP contribution in [0.25, 0.3) is 17.2 Å². The van der Waals surface area contributed by atoms with Gasteiger partial charge in [0.15, 0.2) is 6.54 Å². The van der Waals surface area contributed by atoms with Crippen molar-refractivity contribution in [3.8, 4) is 0 Å². The molecule has 1 aromatic heterocycles. The summed E-state index contributed by atoms with van der Waals surface area (Å²) >= 11 is 2.15. The molecule has 5 N–H and O–H groups in total. The van der Waals surface area contributed by atoms with E-state index in [-0.39, 0.29) is 33.9 Å². The molecule has 0 atom stereocenters. The number of carboxylic acid groups (broad SMARTS) is 1. The lowest BCUT2D eigenvalue weighted by molar-refractivity contribution is -0.678. The summed E-state index contributed by atoms with van der Waals surface area (Å²) in [5.74, 6) is -0.416. The van der Waals surface area contributed by atoms with Crippen LogP contribution in [0, 0.1) is 6.92 Å². The van der Waals surface area contributed by atoms with Gasteiger partial charge in [0, 0.05) is 43.2 Å². The predicted octanol–water partition coefficient (Wildman–Crippen LogP) is 4.83. The van der Waals surface area contributed by atoms with Crippen LogP contribution in [0.4, 0.5) is 5.69 Å². The Kier molecular flexibility index (Phi) is 11.9. The third-order valence-electron chi connectivity index (χ3n) is 6.65. The van der Waals surface area contributed by atoms with Crippen molar-refractivity contribution in [2.75, 3.05) is 11.4 Å². The highest BCUT2D eigenvalue weighted by molar-refractivity contribution is 14.1. The van der Waals surface area contributed by atoms with Gasteiger partial charge in [-0.2, -0.15) is 21.4 Å². The largest absolute Gasteiger partial charge is 0.481 e. The molecule has 0 aliphatic heterocycles. The molecule has 12 nitrogen and oxygen atoms in total. The van der Waals surface area contributed by atoms with Crippen LogP contribution in [-0.2, 0) is 38.1 Å². The standard InChI is InChI=1S/C28H34IN3O9S2/c1-3-15-32-23-13-14-24(43(38,39)40)21(18-30)28(23)41-26(32)9-7-8-25(29)31(16-6-4-5-10-27(33)34)22-12-11-20(17-19(22)2)42(35,36)37/h7-9,11-14,17H,3-6,10,15-16,18,30H2,1-2H3,(H2-,33,34,35,36,37,38,39,40)/p+1. The Bertz CT molecular complexity index is 1770. The first-order valence-corrected chi connectivity index (χ1v) is 17.4. The van der Waals surface area contributed by atoms with Crippen molar-refractivity contribution in [2.24, 2.45) is 5.73 Å². The van der Waals surface area contributed by atoms with Gasteiger partial charge in [0.25, 0.3) is 25.8 Å². The zero-order valence-electron chi connectivity index (χ0n) is 23.7. The first-order valence-electron chi connectivity index (χ1n) is 13.5. The van der Waals surface area contributed by atoms with Gasteiger partial charge in [0.2, 0.25) is 5.58 Å². The van der Waals surface area contributed by atoms with Crippen LogP contribution in [0.1, 0.15) is 56.0 Å². The lowest BCUT2D eigenvalue weighted by atomic mass is 10.1. The minimum absolute atomic E-state index is 0.0740. The number of aromatic nitrogens is 1. The molecule has 234 valence electrons. The number of allylic oxidation sites excluding steroid dienone is 2. The molecule has 0 unspecified atom stereocenters. The monoisotopic (exact) mass is 748 g/mol. The molecule has 3 rings (SSSR count). The molecular weight excluding hydrogens is 713 g/mol. The fourth-order valence-electron chi connectivity index (χ4n) is 4.67. The molecule has 15 heteroatoms. The molecule has 0 spiro atoms. The number of fused-ring (bicyclic) bond motifs is 1. The maximum Gasteiger partial charge on any atom is 0.374 e. The van der Waals surface area contributed by atoms with Crippen LogP contribution in [0.15, 0.2) is 60.4 Å². The van der Waals surface area contributed by atoms with Crippen LogP contribution >= 0.6 is 22.6 Å². The number of nitrogens with zero attached hydrogens (tertiary/aromatic N) is 2. The number of oxazole rings is 1.